The topological polar surface area (TPSA) is 66.5 Å². The number of carbonyl (C=O) groups is 1. The molecular formula is C14H17FN2O3S. The standard InChI is InChI=1S/C14H17FN2O3S/c15-11-5-1-2-6-13(11)21(19,20)17-8-10-4-3-7-14(18)16-12(10)9-17/h1-2,5-6,10,12H,3-4,7-9H2,(H,16,18)/t10-,12+/m1/s1. The number of hydrogen-bond donors (Lipinski definition) is 1. The lowest BCUT2D eigenvalue weighted by atomic mass is 9.99. The summed E-state index contributed by atoms with van der Waals surface area (Å²) >= 11 is 0. The fourth-order valence-corrected chi connectivity index (χ4v) is 4.67. The molecule has 1 aromatic carbocycles. The Bertz CT molecular complexity index is 662. The Kier molecular flexibility index (Phi) is 3.71. The van der Waals surface area contributed by atoms with Crippen LogP contribution >= 0.6 is 0 Å². The van der Waals surface area contributed by atoms with Crippen LogP contribution in [0.5, 0.6) is 0 Å². The second-order valence-electron chi connectivity index (χ2n) is 5.58. The van der Waals surface area contributed by atoms with Crippen LogP contribution in [-0.4, -0.2) is 37.8 Å². The number of sulfonamides is 1. The van der Waals surface area contributed by atoms with E-state index in [2.05, 4.69) is 5.32 Å². The van der Waals surface area contributed by atoms with E-state index in [1.807, 2.05) is 0 Å². The van der Waals surface area contributed by atoms with Crippen LogP contribution in [0, 0.1) is 11.7 Å². The molecule has 3 rings (SSSR count). The molecule has 0 bridgehead atoms. The summed E-state index contributed by atoms with van der Waals surface area (Å²) in [5.74, 6) is -0.667. The maximum absolute atomic E-state index is 13.8. The molecule has 114 valence electrons. The second kappa shape index (κ2) is 5.38. The fourth-order valence-electron chi connectivity index (χ4n) is 3.08. The van der Waals surface area contributed by atoms with Gasteiger partial charge in [0.1, 0.15) is 10.7 Å². The van der Waals surface area contributed by atoms with Gasteiger partial charge in [-0.2, -0.15) is 4.31 Å². The minimum Gasteiger partial charge on any atom is -0.352 e. The molecule has 2 saturated heterocycles. The molecule has 0 radical (unpaired) electrons. The third-order valence-corrected chi connectivity index (χ3v) is 6.05. The summed E-state index contributed by atoms with van der Waals surface area (Å²) in [4.78, 5) is 11.3. The number of amides is 1. The number of nitrogens with zero attached hydrogens (tertiary/aromatic N) is 1. The number of nitrogens with one attached hydrogen (secondary N) is 1. The Morgan fingerprint density at radius 1 is 1.24 bits per heavy atom. The first-order valence-corrected chi connectivity index (χ1v) is 8.46. The van der Waals surface area contributed by atoms with Crippen LogP contribution in [0.25, 0.3) is 0 Å². The molecule has 1 aromatic rings. The molecule has 0 spiro atoms. The highest BCUT2D eigenvalue weighted by atomic mass is 32.2. The predicted molar refractivity (Wildman–Crippen MR) is 74.4 cm³/mol. The van der Waals surface area contributed by atoms with Crippen molar-refractivity contribution in [2.45, 2.75) is 30.2 Å². The molecule has 2 atom stereocenters. The Labute approximate surface area is 123 Å². The first-order chi connectivity index (χ1) is 9.98. The summed E-state index contributed by atoms with van der Waals surface area (Å²) in [6.45, 7) is 0.550. The normalized spacial score (nSPS) is 27.0. The van der Waals surface area contributed by atoms with Gasteiger partial charge in [-0.25, -0.2) is 12.8 Å². The summed E-state index contributed by atoms with van der Waals surface area (Å²) < 4.78 is 40.1. The van der Waals surface area contributed by atoms with E-state index in [1.165, 1.54) is 22.5 Å². The van der Waals surface area contributed by atoms with Gasteiger partial charge in [-0.05, 0) is 30.9 Å². The monoisotopic (exact) mass is 312 g/mol. The molecule has 2 fully saturated rings. The fraction of sp³-hybridized carbons (Fsp3) is 0.500. The first-order valence-electron chi connectivity index (χ1n) is 7.02. The van der Waals surface area contributed by atoms with Gasteiger partial charge >= 0.3 is 0 Å². The average molecular weight is 312 g/mol. The molecular weight excluding hydrogens is 295 g/mol. The van der Waals surface area contributed by atoms with Crippen LogP contribution < -0.4 is 5.32 Å². The molecule has 0 aliphatic carbocycles. The number of benzene rings is 1. The van der Waals surface area contributed by atoms with Crippen LogP contribution in [-0.2, 0) is 14.8 Å². The number of fused-ring (bicyclic) bond motifs is 1. The molecule has 7 heteroatoms. The molecule has 2 heterocycles. The van der Waals surface area contributed by atoms with Gasteiger partial charge in [0.25, 0.3) is 0 Å². The van der Waals surface area contributed by atoms with E-state index in [4.69, 9.17) is 0 Å². The Hall–Kier alpha value is -1.47. The zero-order valence-corrected chi connectivity index (χ0v) is 12.3. The zero-order valence-electron chi connectivity index (χ0n) is 11.5. The van der Waals surface area contributed by atoms with Crippen molar-refractivity contribution >= 4 is 15.9 Å². The SMILES string of the molecule is O=C1CCC[C@@H]2CN(S(=O)(=O)c3ccccc3F)C[C@@H]2N1. The van der Waals surface area contributed by atoms with Gasteiger partial charge in [-0.1, -0.05) is 12.1 Å². The van der Waals surface area contributed by atoms with E-state index in [9.17, 15) is 17.6 Å². The van der Waals surface area contributed by atoms with Gasteiger partial charge in [0.15, 0.2) is 0 Å². The van der Waals surface area contributed by atoms with Gasteiger partial charge in [-0.3, -0.25) is 4.79 Å². The highest BCUT2D eigenvalue weighted by Crippen LogP contribution is 2.30. The number of hydrogen-bond acceptors (Lipinski definition) is 3. The number of carbonyl (C=O) groups excluding carboxylic acids is 1. The van der Waals surface area contributed by atoms with Crippen LogP contribution in [0.4, 0.5) is 4.39 Å². The minimum absolute atomic E-state index is 0.0346. The lowest BCUT2D eigenvalue weighted by Crippen LogP contribution is -2.39. The summed E-state index contributed by atoms with van der Waals surface area (Å²) in [5, 5.41) is 2.87. The summed E-state index contributed by atoms with van der Waals surface area (Å²) in [6.07, 6.45) is 2.07. The van der Waals surface area contributed by atoms with E-state index in [0.717, 1.165) is 18.9 Å². The molecule has 0 saturated carbocycles. The third-order valence-electron chi connectivity index (χ3n) is 4.19. The van der Waals surface area contributed by atoms with E-state index in [0.29, 0.717) is 13.0 Å². The number of rotatable bonds is 2. The molecule has 21 heavy (non-hydrogen) atoms. The molecule has 2 aliphatic rings. The third kappa shape index (κ3) is 2.67. The van der Waals surface area contributed by atoms with Gasteiger partial charge in [0.2, 0.25) is 15.9 Å². The van der Waals surface area contributed by atoms with Gasteiger partial charge in [-0.15, -0.1) is 0 Å². The van der Waals surface area contributed by atoms with Crippen molar-refractivity contribution in [3.8, 4) is 0 Å². The average Bonchev–Trinajstić information content (AvgIpc) is 2.75. The zero-order chi connectivity index (χ0) is 15.0. The van der Waals surface area contributed by atoms with Crippen molar-refractivity contribution in [2.24, 2.45) is 5.92 Å². The van der Waals surface area contributed by atoms with Crippen molar-refractivity contribution in [3.05, 3.63) is 30.1 Å². The maximum Gasteiger partial charge on any atom is 0.246 e. The lowest BCUT2D eigenvalue weighted by molar-refractivity contribution is -0.121. The Morgan fingerprint density at radius 3 is 2.76 bits per heavy atom. The molecule has 0 aromatic heterocycles. The molecule has 1 amide bonds. The van der Waals surface area contributed by atoms with E-state index < -0.39 is 15.8 Å². The van der Waals surface area contributed by atoms with Crippen molar-refractivity contribution in [1.29, 1.82) is 0 Å². The van der Waals surface area contributed by atoms with Crippen LogP contribution in [0.1, 0.15) is 19.3 Å². The van der Waals surface area contributed by atoms with E-state index >= 15 is 0 Å². The largest absolute Gasteiger partial charge is 0.352 e. The van der Waals surface area contributed by atoms with Crippen molar-refractivity contribution in [1.82, 2.24) is 9.62 Å². The smallest absolute Gasteiger partial charge is 0.246 e. The van der Waals surface area contributed by atoms with E-state index in [1.54, 1.807) is 0 Å². The quantitative estimate of drug-likeness (QED) is 0.890. The van der Waals surface area contributed by atoms with Gasteiger partial charge < -0.3 is 5.32 Å². The predicted octanol–water partition coefficient (Wildman–Crippen LogP) is 1.11. The summed E-state index contributed by atoms with van der Waals surface area (Å²) in [6, 6.07) is 5.22. The maximum atomic E-state index is 13.8. The van der Waals surface area contributed by atoms with Crippen molar-refractivity contribution in [2.75, 3.05) is 13.1 Å². The van der Waals surface area contributed by atoms with Gasteiger partial charge in [0.05, 0.1) is 0 Å². The Balaban J connectivity index is 1.86. The van der Waals surface area contributed by atoms with Crippen LogP contribution in [0.15, 0.2) is 29.2 Å². The number of halogens is 1. The molecule has 2 aliphatic heterocycles. The van der Waals surface area contributed by atoms with Crippen molar-refractivity contribution < 1.29 is 17.6 Å². The van der Waals surface area contributed by atoms with Gasteiger partial charge in [0, 0.05) is 25.6 Å². The highest BCUT2D eigenvalue weighted by Gasteiger charge is 2.41. The first kappa shape index (κ1) is 14.5. The second-order valence-corrected chi connectivity index (χ2v) is 7.49. The van der Waals surface area contributed by atoms with Crippen molar-refractivity contribution in [3.63, 3.8) is 0 Å². The highest BCUT2D eigenvalue weighted by molar-refractivity contribution is 7.89. The van der Waals surface area contributed by atoms with Crippen LogP contribution in [0.3, 0.4) is 0 Å². The summed E-state index contributed by atoms with van der Waals surface area (Å²) in [5.41, 5.74) is 0. The molecule has 5 nitrogen and oxygen atoms in total. The summed E-state index contributed by atoms with van der Waals surface area (Å²) in [7, 11) is -3.85. The molecule has 0 unspecified atom stereocenters. The van der Waals surface area contributed by atoms with E-state index in [-0.39, 0.29) is 29.3 Å². The minimum atomic E-state index is -3.85. The lowest BCUT2D eigenvalue weighted by Gasteiger charge is -2.17. The Morgan fingerprint density at radius 2 is 2.00 bits per heavy atom. The van der Waals surface area contributed by atoms with Crippen LogP contribution in [0.2, 0.25) is 0 Å². The molecule has 1 N–H and O–H groups in total.